The Bertz CT molecular complexity index is 948. The maximum absolute atomic E-state index is 13.6. The summed E-state index contributed by atoms with van der Waals surface area (Å²) >= 11 is 0. The van der Waals surface area contributed by atoms with Crippen LogP contribution in [0.5, 0.6) is 0 Å². The normalized spacial score (nSPS) is 31.3. The lowest BCUT2D eigenvalue weighted by Gasteiger charge is -2.42. The number of ether oxygens (including phenoxy) is 1. The van der Waals surface area contributed by atoms with Crippen LogP contribution in [-0.4, -0.2) is 57.2 Å². The molecule has 6 nitrogen and oxygen atoms in total. The van der Waals surface area contributed by atoms with Crippen molar-refractivity contribution in [2.45, 2.75) is 81.0 Å². The van der Waals surface area contributed by atoms with Gasteiger partial charge in [0.15, 0.2) is 14.1 Å². The molecule has 0 amide bonds. The molecule has 3 aliphatic heterocycles. The third kappa shape index (κ3) is 3.24. The van der Waals surface area contributed by atoms with Gasteiger partial charge in [-0.05, 0) is 43.3 Å². The molecular weight excluding hydrogens is 418 g/mol. The van der Waals surface area contributed by atoms with Gasteiger partial charge in [-0.25, -0.2) is 8.42 Å². The molecule has 164 valence electrons. The number of carbonyl (C=O) groups excluding carboxylic acids is 1. The molecule has 4 atom stereocenters. The van der Waals surface area contributed by atoms with Gasteiger partial charge in [0.25, 0.3) is 0 Å². The topological polar surface area (TPSA) is 72.9 Å². The minimum Gasteiger partial charge on any atom is -0.409 e. The molecule has 2 fully saturated rings. The Morgan fingerprint density at radius 2 is 1.80 bits per heavy atom. The Morgan fingerprint density at radius 3 is 2.40 bits per heavy atom. The maximum atomic E-state index is 13.6. The maximum Gasteiger partial charge on any atom is 0.243 e. The van der Waals surface area contributed by atoms with Crippen LogP contribution in [-0.2, 0) is 24.0 Å². The molecule has 3 aliphatic rings. The van der Waals surface area contributed by atoms with Crippen LogP contribution in [0, 0.1) is 6.92 Å². The van der Waals surface area contributed by atoms with Crippen molar-refractivity contribution in [3.8, 4) is 0 Å². The Labute approximate surface area is 180 Å². The number of carbonyl (C=O) groups is 1. The van der Waals surface area contributed by atoms with E-state index < -0.39 is 36.1 Å². The average molecular weight is 450 g/mol. The summed E-state index contributed by atoms with van der Waals surface area (Å²) in [7, 11) is -5.91. The highest BCUT2D eigenvalue weighted by atomic mass is 32.2. The zero-order chi connectivity index (χ0) is 21.7. The number of Topliss-reactive ketones (excluding diaryl/α,β-unsaturated/α-hetero) is 1. The van der Waals surface area contributed by atoms with Gasteiger partial charge in [0.1, 0.15) is 11.6 Å². The second-order valence-corrected chi connectivity index (χ2v) is 15.3. The highest BCUT2D eigenvalue weighted by Gasteiger charge is 2.66. The largest absolute Gasteiger partial charge is 0.409 e. The van der Waals surface area contributed by atoms with Gasteiger partial charge in [-0.3, -0.25) is 4.79 Å². The molecule has 0 unspecified atom stereocenters. The average Bonchev–Trinajstić information content (AvgIpc) is 3.25. The second-order valence-electron chi connectivity index (χ2n) is 8.68. The third-order valence-corrected chi connectivity index (χ3v) is 13.6. The summed E-state index contributed by atoms with van der Waals surface area (Å²) in [6.45, 7) is 8.48. The van der Waals surface area contributed by atoms with Crippen LogP contribution in [0.4, 0.5) is 0 Å². The minimum absolute atomic E-state index is 0.0881. The second kappa shape index (κ2) is 7.67. The summed E-state index contributed by atoms with van der Waals surface area (Å²) in [6.07, 6.45) is 3.25. The molecule has 4 rings (SSSR count). The Morgan fingerprint density at radius 1 is 1.17 bits per heavy atom. The van der Waals surface area contributed by atoms with Gasteiger partial charge in [-0.15, -0.1) is 0 Å². The molecule has 0 aromatic heterocycles. The number of nitrogens with zero attached hydrogens (tertiary/aromatic N) is 1. The third-order valence-electron chi connectivity index (χ3n) is 7.15. The SMILES string of the molecule is CC[Si](CC)(CC)O[C@H]1CN(S(=O)(=O)c2ccc(C)cc2)[C@H]2C(=O)C[C@@H]3C=C[C@]12O3. The summed E-state index contributed by atoms with van der Waals surface area (Å²) < 4.78 is 41.6. The first-order valence-electron chi connectivity index (χ1n) is 10.9. The fraction of sp³-hybridized carbons (Fsp3) is 0.591. The van der Waals surface area contributed by atoms with E-state index in [1.165, 1.54) is 4.31 Å². The van der Waals surface area contributed by atoms with Crippen LogP contribution in [0.1, 0.15) is 32.8 Å². The van der Waals surface area contributed by atoms with Gasteiger partial charge >= 0.3 is 0 Å². The molecule has 3 heterocycles. The summed E-state index contributed by atoms with van der Waals surface area (Å²) in [5.74, 6) is -0.0881. The highest BCUT2D eigenvalue weighted by Crippen LogP contribution is 2.48. The molecule has 0 saturated carbocycles. The fourth-order valence-corrected chi connectivity index (χ4v) is 9.60. The quantitative estimate of drug-likeness (QED) is 0.471. The van der Waals surface area contributed by atoms with Crippen LogP contribution in [0.3, 0.4) is 0 Å². The van der Waals surface area contributed by atoms with Crippen molar-refractivity contribution in [1.29, 1.82) is 0 Å². The molecular formula is C22H31NO5SSi. The summed E-state index contributed by atoms with van der Waals surface area (Å²) in [5, 5.41) is 0. The van der Waals surface area contributed by atoms with E-state index in [2.05, 4.69) is 20.8 Å². The van der Waals surface area contributed by atoms with E-state index in [1.54, 1.807) is 24.3 Å². The van der Waals surface area contributed by atoms with Gasteiger partial charge in [0.05, 0.1) is 17.1 Å². The lowest BCUT2D eigenvalue weighted by atomic mass is 9.88. The smallest absolute Gasteiger partial charge is 0.243 e. The van der Waals surface area contributed by atoms with E-state index in [0.717, 1.165) is 23.7 Å². The molecule has 8 heteroatoms. The van der Waals surface area contributed by atoms with Crippen LogP contribution < -0.4 is 0 Å². The predicted octanol–water partition coefficient (Wildman–Crippen LogP) is 3.42. The number of aryl methyl sites for hydroxylation is 1. The number of benzene rings is 1. The van der Waals surface area contributed by atoms with Gasteiger partial charge in [-0.1, -0.05) is 44.5 Å². The highest BCUT2D eigenvalue weighted by molar-refractivity contribution is 7.89. The molecule has 2 bridgehead atoms. The van der Waals surface area contributed by atoms with Crippen LogP contribution >= 0.6 is 0 Å². The lowest BCUT2D eigenvalue weighted by Crippen LogP contribution is -2.59. The molecule has 0 N–H and O–H groups in total. The van der Waals surface area contributed by atoms with Gasteiger partial charge < -0.3 is 9.16 Å². The summed E-state index contributed by atoms with van der Waals surface area (Å²) in [5.41, 5.74) is -0.0356. The molecule has 1 spiro atoms. The van der Waals surface area contributed by atoms with E-state index in [4.69, 9.17) is 9.16 Å². The Hall–Kier alpha value is -1.32. The molecule has 1 aromatic rings. The van der Waals surface area contributed by atoms with E-state index >= 15 is 0 Å². The Balaban J connectivity index is 1.77. The van der Waals surface area contributed by atoms with E-state index in [1.807, 2.05) is 19.1 Å². The molecule has 0 aliphatic carbocycles. The van der Waals surface area contributed by atoms with E-state index in [0.29, 0.717) is 0 Å². The first kappa shape index (κ1) is 21.9. The fourth-order valence-electron chi connectivity index (χ4n) is 5.10. The van der Waals surface area contributed by atoms with Crippen molar-refractivity contribution in [3.63, 3.8) is 0 Å². The molecule has 1 aromatic carbocycles. The number of hydrogen-bond acceptors (Lipinski definition) is 5. The van der Waals surface area contributed by atoms with Crippen LogP contribution in [0.2, 0.25) is 18.1 Å². The van der Waals surface area contributed by atoms with Crippen LogP contribution in [0.15, 0.2) is 41.3 Å². The van der Waals surface area contributed by atoms with Crippen molar-refractivity contribution in [3.05, 3.63) is 42.0 Å². The molecule has 2 saturated heterocycles. The van der Waals surface area contributed by atoms with Crippen molar-refractivity contribution in [2.24, 2.45) is 0 Å². The number of hydrogen-bond donors (Lipinski definition) is 0. The first-order chi connectivity index (χ1) is 14.2. The predicted molar refractivity (Wildman–Crippen MR) is 117 cm³/mol. The summed E-state index contributed by atoms with van der Waals surface area (Å²) in [6, 6.07) is 8.74. The van der Waals surface area contributed by atoms with Crippen molar-refractivity contribution < 1.29 is 22.4 Å². The van der Waals surface area contributed by atoms with Gasteiger partial charge in [0.2, 0.25) is 10.0 Å². The number of sulfonamides is 1. The number of rotatable bonds is 7. The van der Waals surface area contributed by atoms with Crippen molar-refractivity contribution in [2.75, 3.05) is 6.54 Å². The van der Waals surface area contributed by atoms with E-state index in [9.17, 15) is 13.2 Å². The lowest BCUT2D eigenvalue weighted by molar-refractivity contribution is -0.150. The van der Waals surface area contributed by atoms with E-state index in [-0.39, 0.29) is 29.7 Å². The van der Waals surface area contributed by atoms with Crippen LogP contribution in [0.25, 0.3) is 0 Å². The van der Waals surface area contributed by atoms with Crippen molar-refractivity contribution >= 4 is 24.1 Å². The van der Waals surface area contributed by atoms with Gasteiger partial charge in [-0.2, -0.15) is 4.31 Å². The van der Waals surface area contributed by atoms with Gasteiger partial charge in [0, 0.05) is 13.0 Å². The Kier molecular flexibility index (Phi) is 5.60. The molecule has 30 heavy (non-hydrogen) atoms. The zero-order valence-corrected chi connectivity index (χ0v) is 19.9. The number of ketones is 1. The number of fused-ring (bicyclic) bond motifs is 1. The summed E-state index contributed by atoms with van der Waals surface area (Å²) in [4.78, 5) is 13.3. The first-order valence-corrected chi connectivity index (χ1v) is 14.8. The monoisotopic (exact) mass is 449 g/mol. The minimum atomic E-state index is -3.86. The zero-order valence-electron chi connectivity index (χ0n) is 18.1. The molecule has 0 radical (unpaired) electrons. The standard InChI is InChI=1S/C22H31NO5SSi/c1-5-30(6-2,7-3)28-20-15-23(29(25,26)18-10-8-16(4)9-11-18)21-19(24)14-17-12-13-22(20,21)27-17/h8-13,17,20-21H,5-7,14-15H2,1-4H3/t17-,20-,21-,22-/m0/s1. The van der Waals surface area contributed by atoms with Crippen molar-refractivity contribution in [1.82, 2.24) is 4.31 Å².